The van der Waals surface area contributed by atoms with Gasteiger partial charge >= 0.3 is 5.97 Å². The molecule has 0 saturated heterocycles. The first-order valence-electron chi connectivity index (χ1n) is 12.2. The molecule has 5 rings (SSSR count). The molecule has 0 saturated carbocycles. The van der Waals surface area contributed by atoms with Gasteiger partial charge in [-0.2, -0.15) is 5.10 Å². The molecule has 2 aromatic heterocycles. The standard InChI is InChI=1S/C31H25N3O4S/c1-37-26-15-8-12-24(20-26)32-31(36)30(22-10-4-2-5-11-22)38-28(35)18-17-23-21-34(25-13-6-3-7-14-25)33-29(23)27-16-9-19-39-27/h2-21,30H,1H3,(H,32,36)/b18-17+. The van der Waals surface area contributed by atoms with Gasteiger partial charge in [0.05, 0.1) is 17.7 Å². The van der Waals surface area contributed by atoms with E-state index in [4.69, 9.17) is 14.6 Å². The quantitative estimate of drug-likeness (QED) is 0.171. The summed E-state index contributed by atoms with van der Waals surface area (Å²) in [7, 11) is 1.55. The minimum atomic E-state index is -1.15. The lowest BCUT2D eigenvalue weighted by molar-refractivity contribution is -0.149. The Balaban J connectivity index is 1.38. The van der Waals surface area contributed by atoms with E-state index in [0.717, 1.165) is 21.8 Å². The molecule has 0 fully saturated rings. The molecule has 0 radical (unpaired) electrons. The highest BCUT2D eigenvalue weighted by atomic mass is 32.1. The van der Waals surface area contributed by atoms with Gasteiger partial charge in [-0.3, -0.25) is 4.79 Å². The molecule has 0 spiro atoms. The van der Waals surface area contributed by atoms with Gasteiger partial charge in [-0.15, -0.1) is 11.3 Å². The van der Waals surface area contributed by atoms with Gasteiger partial charge in [0.25, 0.3) is 5.91 Å². The van der Waals surface area contributed by atoms with E-state index in [0.29, 0.717) is 17.0 Å². The van der Waals surface area contributed by atoms with E-state index in [1.807, 2.05) is 60.1 Å². The van der Waals surface area contributed by atoms with Crippen LogP contribution in [-0.2, 0) is 14.3 Å². The van der Waals surface area contributed by atoms with E-state index in [2.05, 4.69) is 5.32 Å². The SMILES string of the molecule is COc1cccc(NC(=O)C(OC(=O)/C=C/c2cn(-c3ccccc3)nc2-c2cccs2)c2ccccc2)c1. The van der Waals surface area contributed by atoms with Crippen molar-refractivity contribution < 1.29 is 19.1 Å². The summed E-state index contributed by atoms with van der Waals surface area (Å²) in [6, 6.07) is 29.5. The lowest BCUT2D eigenvalue weighted by Crippen LogP contribution is -2.25. The van der Waals surface area contributed by atoms with Crippen molar-refractivity contribution in [3.63, 3.8) is 0 Å². The van der Waals surface area contributed by atoms with Gasteiger partial charge in [-0.25, -0.2) is 9.48 Å². The summed E-state index contributed by atoms with van der Waals surface area (Å²) in [6.45, 7) is 0. The number of para-hydroxylation sites is 1. The number of nitrogens with one attached hydrogen (secondary N) is 1. The Labute approximate surface area is 230 Å². The highest BCUT2D eigenvalue weighted by Gasteiger charge is 2.24. The third-order valence-electron chi connectivity index (χ3n) is 5.83. The Bertz CT molecular complexity index is 1580. The second-order valence-corrected chi connectivity index (χ2v) is 9.42. The smallest absolute Gasteiger partial charge is 0.331 e. The van der Waals surface area contributed by atoms with Gasteiger partial charge in [0.15, 0.2) is 0 Å². The maximum atomic E-state index is 13.2. The minimum absolute atomic E-state index is 0.479. The van der Waals surface area contributed by atoms with Crippen molar-refractivity contribution in [3.05, 3.63) is 126 Å². The molecule has 1 atom stereocenters. The fraction of sp³-hybridized carbons (Fsp3) is 0.0645. The van der Waals surface area contributed by atoms with E-state index in [-0.39, 0.29) is 0 Å². The second-order valence-electron chi connectivity index (χ2n) is 8.47. The monoisotopic (exact) mass is 535 g/mol. The number of benzene rings is 3. The fourth-order valence-electron chi connectivity index (χ4n) is 3.95. The van der Waals surface area contributed by atoms with Crippen molar-refractivity contribution in [3.8, 4) is 22.0 Å². The van der Waals surface area contributed by atoms with Crippen molar-refractivity contribution in [2.24, 2.45) is 0 Å². The van der Waals surface area contributed by atoms with E-state index < -0.39 is 18.0 Å². The molecule has 8 heteroatoms. The Hall–Kier alpha value is -4.95. The molecule has 0 aliphatic rings. The van der Waals surface area contributed by atoms with E-state index in [1.165, 1.54) is 6.08 Å². The number of nitrogens with zero attached hydrogens (tertiary/aromatic N) is 2. The molecule has 0 aliphatic heterocycles. The Morgan fingerprint density at radius 3 is 2.44 bits per heavy atom. The molecule has 39 heavy (non-hydrogen) atoms. The molecule has 3 aromatic carbocycles. The summed E-state index contributed by atoms with van der Waals surface area (Å²) < 4.78 is 12.7. The predicted molar refractivity (Wildman–Crippen MR) is 153 cm³/mol. The molecule has 1 amide bonds. The number of ether oxygens (including phenoxy) is 2. The van der Waals surface area contributed by atoms with Gasteiger partial charge < -0.3 is 14.8 Å². The molecular weight excluding hydrogens is 510 g/mol. The van der Waals surface area contributed by atoms with Crippen LogP contribution in [0.1, 0.15) is 17.2 Å². The first-order valence-corrected chi connectivity index (χ1v) is 13.1. The average Bonchev–Trinajstić information content (AvgIpc) is 3.66. The molecule has 5 aromatic rings. The van der Waals surface area contributed by atoms with Gasteiger partial charge in [0.2, 0.25) is 6.10 Å². The zero-order chi connectivity index (χ0) is 27.0. The van der Waals surface area contributed by atoms with Gasteiger partial charge in [0, 0.05) is 35.2 Å². The van der Waals surface area contributed by atoms with Crippen LogP contribution in [0.4, 0.5) is 5.69 Å². The lowest BCUT2D eigenvalue weighted by Gasteiger charge is -2.17. The number of anilines is 1. The minimum Gasteiger partial charge on any atom is -0.497 e. The third kappa shape index (κ3) is 6.31. The molecule has 7 nitrogen and oxygen atoms in total. The van der Waals surface area contributed by atoms with Crippen LogP contribution in [0.5, 0.6) is 5.75 Å². The number of methoxy groups -OCH3 is 1. The van der Waals surface area contributed by atoms with Crippen molar-refractivity contribution in [2.75, 3.05) is 12.4 Å². The van der Waals surface area contributed by atoms with Gasteiger partial charge in [-0.1, -0.05) is 60.7 Å². The first-order chi connectivity index (χ1) is 19.1. The number of aromatic nitrogens is 2. The van der Waals surface area contributed by atoms with Crippen LogP contribution in [-0.4, -0.2) is 28.8 Å². The fourth-order valence-corrected chi connectivity index (χ4v) is 4.68. The first kappa shape index (κ1) is 25.7. The molecule has 1 N–H and O–H groups in total. The Morgan fingerprint density at radius 2 is 1.72 bits per heavy atom. The van der Waals surface area contributed by atoms with E-state index >= 15 is 0 Å². The molecule has 194 valence electrons. The maximum absolute atomic E-state index is 13.2. The lowest BCUT2D eigenvalue weighted by atomic mass is 10.1. The van der Waals surface area contributed by atoms with Crippen LogP contribution in [0.25, 0.3) is 22.3 Å². The highest BCUT2D eigenvalue weighted by Crippen LogP contribution is 2.29. The van der Waals surface area contributed by atoms with Crippen LogP contribution in [0, 0.1) is 0 Å². The summed E-state index contributed by atoms with van der Waals surface area (Å²) in [5, 5.41) is 9.54. The summed E-state index contributed by atoms with van der Waals surface area (Å²) in [4.78, 5) is 27.2. The number of amides is 1. The van der Waals surface area contributed by atoms with Crippen molar-refractivity contribution >= 4 is 35.0 Å². The molecule has 1 unspecified atom stereocenters. The third-order valence-corrected chi connectivity index (χ3v) is 6.71. The van der Waals surface area contributed by atoms with Crippen LogP contribution in [0.3, 0.4) is 0 Å². The normalized spacial score (nSPS) is 11.7. The van der Waals surface area contributed by atoms with Gasteiger partial charge in [0.1, 0.15) is 11.4 Å². The average molecular weight is 536 g/mol. The number of thiophene rings is 1. The molecule has 0 bridgehead atoms. The Kier molecular flexibility index (Phi) is 7.95. The molecule has 0 aliphatic carbocycles. The summed E-state index contributed by atoms with van der Waals surface area (Å²) in [5.74, 6) is -0.539. The number of hydrogen-bond acceptors (Lipinski definition) is 6. The van der Waals surface area contributed by atoms with Crippen molar-refractivity contribution in [1.82, 2.24) is 9.78 Å². The summed E-state index contributed by atoms with van der Waals surface area (Å²) >= 11 is 1.56. The molecular formula is C31H25N3O4S. The van der Waals surface area contributed by atoms with Crippen LogP contribution < -0.4 is 10.1 Å². The predicted octanol–water partition coefficient (Wildman–Crippen LogP) is 6.55. The van der Waals surface area contributed by atoms with Crippen molar-refractivity contribution in [1.29, 1.82) is 0 Å². The maximum Gasteiger partial charge on any atom is 0.331 e. The van der Waals surface area contributed by atoms with Crippen LogP contribution in [0.2, 0.25) is 0 Å². The zero-order valence-electron chi connectivity index (χ0n) is 21.1. The van der Waals surface area contributed by atoms with Crippen LogP contribution >= 0.6 is 11.3 Å². The zero-order valence-corrected chi connectivity index (χ0v) is 21.9. The van der Waals surface area contributed by atoms with Crippen LogP contribution in [0.15, 0.2) is 115 Å². The summed E-state index contributed by atoms with van der Waals surface area (Å²) in [6.07, 6.45) is 3.68. The number of carbonyl (C=O) groups excluding carboxylic acids is 2. The largest absolute Gasteiger partial charge is 0.497 e. The summed E-state index contributed by atoms with van der Waals surface area (Å²) in [5.41, 5.74) is 3.47. The van der Waals surface area contributed by atoms with Crippen molar-refractivity contribution in [2.45, 2.75) is 6.10 Å². The highest BCUT2D eigenvalue weighted by molar-refractivity contribution is 7.13. The number of rotatable bonds is 9. The Morgan fingerprint density at radius 1 is 0.949 bits per heavy atom. The number of carbonyl (C=O) groups is 2. The molecule has 2 heterocycles. The van der Waals surface area contributed by atoms with Gasteiger partial charge in [-0.05, 0) is 41.8 Å². The van der Waals surface area contributed by atoms with E-state index in [1.54, 1.807) is 77.7 Å². The second kappa shape index (κ2) is 12.1. The topological polar surface area (TPSA) is 82.5 Å². The number of esters is 1. The number of hydrogen-bond donors (Lipinski definition) is 1. The van der Waals surface area contributed by atoms with E-state index in [9.17, 15) is 9.59 Å².